The van der Waals surface area contributed by atoms with Gasteiger partial charge in [-0.15, -0.1) is 0 Å². The molecule has 0 radical (unpaired) electrons. The second-order valence-corrected chi connectivity index (χ2v) is 5.53. The van der Waals surface area contributed by atoms with E-state index in [0.29, 0.717) is 5.92 Å². The second kappa shape index (κ2) is 8.21. The van der Waals surface area contributed by atoms with Gasteiger partial charge in [0.25, 0.3) is 0 Å². The molecule has 0 amide bonds. The highest BCUT2D eigenvalue weighted by atomic mass is 16.5. The van der Waals surface area contributed by atoms with Crippen LogP contribution in [0.2, 0.25) is 0 Å². The third-order valence-electron chi connectivity index (χ3n) is 3.43. The van der Waals surface area contributed by atoms with E-state index in [9.17, 15) is 0 Å². The Morgan fingerprint density at radius 1 is 1.21 bits per heavy atom. The minimum absolute atomic E-state index is 0.257. The highest BCUT2D eigenvalue weighted by Gasteiger charge is 2.11. The molecule has 1 N–H and O–H groups in total. The number of hydrogen-bond acceptors (Lipinski definition) is 2. The van der Waals surface area contributed by atoms with Gasteiger partial charge in [-0.3, -0.25) is 0 Å². The number of rotatable bonds is 8. The quantitative estimate of drug-likeness (QED) is 0.707. The molecule has 1 rings (SSSR count). The highest BCUT2D eigenvalue weighted by Crippen LogP contribution is 2.25. The molecule has 0 aromatic heterocycles. The number of aryl methyl sites for hydroxylation is 1. The van der Waals surface area contributed by atoms with E-state index in [2.05, 4.69) is 58.1 Å². The van der Waals surface area contributed by atoms with Gasteiger partial charge in [-0.2, -0.15) is 0 Å². The number of nitrogens with one attached hydrogen (secondary N) is 1. The van der Waals surface area contributed by atoms with E-state index in [1.54, 1.807) is 0 Å². The van der Waals surface area contributed by atoms with Crippen LogP contribution in [0.3, 0.4) is 0 Å². The molecule has 1 unspecified atom stereocenters. The Labute approximate surface area is 118 Å². The first-order valence-electron chi connectivity index (χ1n) is 7.56. The van der Waals surface area contributed by atoms with Crippen LogP contribution in [-0.2, 0) is 0 Å². The summed E-state index contributed by atoms with van der Waals surface area (Å²) in [6.07, 6.45) is 2.45. The van der Waals surface area contributed by atoms with Crippen molar-refractivity contribution in [3.63, 3.8) is 0 Å². The fraction of sp³-hybridized carbons (Fsp3) is 0.647. The molecular weight excluding hydrogens is 234 g/mol. The maximum absolute atomic E-state index is 6.17. The predicted octanol–water partition coefficient (Wildman–Crippen LogP) is 4.28. The van der Waals surface area contributed by atoms with Gasteiger partial charge in [-0.1, -0.05) is 39.8 Å². The van der Waals surface area contributed by atoms with Gasteiger partial charge in [0.2, 0.25) is 0 Å². The summed E-state index contributed by atoms with van der Waals surface area (Å²) in [5.74, 6) is 1.58. The molecule has 108 valence electrons. The van der Waals surface area contributed by atoms with Gasteiger partial charge < -0.3 is 10.1 Å². The SMILES string of the molecule is CCCNCC(CC)Oc1cc(C(C)C)ccc1C. The van der Waals surface area contributed by atoms with Crippen molar-refractivity contribution in [1.82, 2.24) is 5.32 Å². The molecule has 1 atom stereocenters. The average molecular weight is 263 g/mol. The van der Waals surface area contributed by atoms with Crippen molar-refractivity contribution >= 4 is 0 Å². The predicted molar refractivity (Wildman–Crippen MR) is 83.1 cm³/mol. The minimum Gasteiger partial charge on any atom is -0.489 e. The van der Waals surface area contributed by atoms with Crippen LogP contribution < -0.4 is 10.1 Å². The molecule has 0 saturated carbocycles. The summed E-state index contributed by atoms with van der Waals surface area (Å²) < 4.78 is 6.17. The summed E-state index contributed by atoms with van der Waals surface area (Å²) in [5, 5.41) is 3.44. The van der Waals surface area contributed by atoms with Crippen LogP contribution in [0.25, 0.3) is 0 Å². The maximum Gasteiger partial charge on any atom is 0.122 e. The molecule has 2 nitrogen and oxygen atoms in total. The van der Waals surface area contributed by atoms with E-state index >= 15 is 0 Å². The van der Waals surface area contributed by atoms with E-state index in [4.69, 9.17) is 4.74 Å². The summed E-state index contributed by atoms with van der Waals surface area (Å²) in [5.41, 5.74) is 2.57. The second-order valence-electron chi connectivity index (χ2n) is 5.53. The molecule has 0 spiro atoms. The summed E-state index contributed by atoms with van der Waals surface area (Å²) in [4.78, 5) is 0. The van der Waals surface area contributed by atoms with Gasteiger partial charge in [0.15, 0.2) is 0 Å². The fourth-order valence-electron chi connectivity index (χ4n) is 1.99. The Kier molecular flexibility index (Phi) is 6.93. The number of hydrogen-bond donors (Lipinski definition) is 1. The lowest BCUT2D eigenvalue weighted by atomic mass is 10.0. The van der Waals surface area contributed by atoms with Crippen LogP contribution in [0.1, 0.15) is 57.6 Å². The molecule has 0 fully saturated rings. The lowest BCUT2D eigenvalue weighted by Gasteiger charge is -2.20. The van der Waals surface area contributed by atoms with Crippen LogP contribution in [-0.4, -0.2) is 19.2 Å². The molecule has 0 bridgehead atoms. The van der Waals surface area contributed by atoms with Crippen LogP contribution in [0.15, 0.2) is 18.2 Å². The monoisotopic (exact) mass is 263 g/mol. The van der Waals surface area contributed by atoms with Gasteiger partial charge in [-0.05, 0) is 49.4 Å². The van der Waals surface area contributed by atoms with Crippen molar-refractivity contribution in [2.24, 2.45) is 0 Å². The Balaban J connectivity index is 2.70. The first-order chi connectivity index (χ1) is 9.08. The van der Waals surface area contributed by atoms with Gasteiger partial charge in [0, 0.05) is 6.54 Å². The zero-order valence-electron chi connectivity index (χ0n) is 13.1. The van der Waals surface area contributed by atoms with Crippen molar-refractivity contribution in [2.45, 2.75) is 59.5 Å². The molecule has 19 heavy (non-hydrogen) atoms. The van der Waals surface area contributed by atoms with E-state index in [0.717, 1.165) is 31.7 Å². The average Bonchev–Trinajstić information content (AvgIpc) is 2.39. The summed E-state index contributed by atoms with van der Waals surface area (Å²) in [6.45, 7) is 12.9. The zero-order valence-corrected chi connectivity index (χ0v) is 13.1. The van der Waals surface area contributed by atoms with Crippen LogP contribution in [0.5, 0.6) is 5.75 Å². The van der Waals surface area contributed by atoms with E-state index in [-0.39, 0.29) is 6.10 Å². The lowest BCUT2D eigenvalue weighted by molar-refractivity contribution is 0.192. The van der Waals surface area contributed by atoms with E-state index < -0.39 is 0 Å². The zero-order chi connectivity index (χ0) is 14.3. The number of benzene rings is 1. The normalized spacial score (nSPS) is 12.7. The molecule has 0 saturated heterocycles. The van der Waals surface area contributed by atoms with Crippen molar-refractivity contribution in [1.29, 1.82) is 0 Å². The maximum atomic E-state index is 6.17. The fourth-order valence-corrected chi connectivity index (χ4v) is 1.99. The molecule has 0 aliphatic rings. The van der Waals surface area contributed by atoms with E-state index in [1.807, 2.05) is 0 Å². The van der Waals surface area contributed by atoms with Gasteiger partial charge in [0.1, 0.15) is 11.9 Å². The molecule has 0 heterocycles. The van der Waals surface area contributed by atoms with Crippen molar-refractivity contribution in [2.75, 3.05) is 13.1 Å². The Morgan fingerprint density at radius 2 is 1.95 bits per heavy atom. The van der Waals surface area contributed by atoms with Gasteiger partial charge in [0.05, 0.1) is 0 Å². The molecule has 1 aromatic rings. The van der Waals surface area contributed by atoms with E-state index in [1.165, 1.54) is 11.1 Å². The first-order valence-corrected chi connectivity index (χ1v) is 7.56. The van der Waals surface area contributed by atoms with Crippen molar-refractivity contribution in [3.05, 3.63) is 29.3 Å². The summed E-state index contributed by atoms with van der Waals surface area (Å²) >= 11 is 0. The van der Waals surface area contributed by atoms with Crippen LogP contribution in [0, 0.1) is 6.92 Å². The summed E-state index contributed by atoms with van der Waals surface area (Å²) in [7, 11) is 0. The highest BCUT2D eigenvalue weighted by molar-refractivity contribution is 5.37. The van der Waals surface area contributed by atoms with Crippen molar-refractivity contribution in [3.8, 4) is 5.75 Å². The first kappa shape index (κ1) is 16.0. The largest absolute Gasteiger partial charge is 0.489 e. The molecule has 0 aliphatic carbocycles. The topological polar surface area (TPSA) is 21.3 Å². The molecule has 0 aliphatic heterocycles. The third-order valence-corrected chi connectivity index (χ3v) is 3.43. The van der Waals surface area contributed by atoms with Gasteiger partial charge >= 0.3 is 0 Å². The molecule has 2 heteroatoms. The molecular formula is C17H29NO. The smallest absolute Gasteiger partial charge is 0.122 e. The minimum atomic E-state index is 0.257. The summed E-state index contributed by atoms with van der Waals surface area (Å²) in [6, 6.07) is 6.56. The van der Waals surface area contributed by atoms with Crippen LogP contribution >= 0.6 is 0 Å². The molecule has 1 aromatic carbocycles. The van der Waals surface area contributed by atoms with Crippen LogP contribution in [0.4, 0.5) is 0 Å². The van der Waals surface area contributed by atoms with Gasteiger partial charge in [-0.25, -0.2) is 0 Å². The standard InChI is InChI=1S/C17H29NO/c1-6-10-18-12-16(7-2)19-17-11-15(13(3)4)9-8-14(17)5/h8-9,11,13,16,18H,6-7,10,12H2,1-5H3. The number of ether oxygens (including phenoxy) is 1. The third kappa shape index (κ3) is 5.23. The Morgan fingerprint density at radius 3 is 2.53 bits per heavy atom. The Hall–Kier alpha value is -1.02. The Bertz CT molecular complexity index is 374. The lowest BCUT2D eigenvalue weighted by Crippen LogP contribution is -2.31. The van der Waals surface area contributed by atoms with Crippen molar-refractivity contribution < 1.29 is 4.74 Å².